The molecule has 19 heavy (non-hydrogen) atoms. The van der Waals surface area contributed by atoms with Crippen molar-refractivity contribution < 1.29 is 19.0 Å². The van der Waals surface area contributed by atoms with E-state index in [2.05, 4.69) is 0 Å². The summed E-state index contributed by atoms with van der Waals surface area (Å²) < 4.78 is 18.4. The van der Waals surface area contributed by atoms with Crippen molar-refractivity contribution in [3.05, 3.63) is 34.6 Å². The fourth-order valence-electron chi connectivity index (χ4n) is 2.30. The Bertz CT molecular complexity index is 483. The summed E-state index contributed by atoms with van der Waals surface area (Å²) in [6.07, 6.45) is -0.290. The molecule has 0 aromatic heterocycles. The smallest absolute Gasteiger partial charge is 0.323 e. The Morgan fingerprint density at radius 1 is 1.63 bits per heavy atom. The first-order chi connectivity index (χ1) is 9.01. The molecule has 1 aromatic carbocycles. The van der Waals surface area contributed by atoms with Gasteiger partial charge in [-0.15, -0.1) is 0 Å². The third-order valence-corrected chi connectivity index (χ3v) is 3.48. The van der Waals surface area contributed by atoms with Crippen LogP contribution in [0.3, 0.4) is 0 Å². The predicted molar refractivity (Wildman–Crippen MR) is 68.2 cm³/mol. The molecule has 6 heteroatoms. The van der Waals surface area contributed by atoms with Crippen molar-refractivity contribution >= 4 is 17.6 Å². The van der Waals surface area contributed by atoms with E-state index in [1.54, 1.807) is 17.0 Å². The molecule has 1 N–H and O–H groups in total. The van der Waals surface area contributed by atoms with E-state index in [9.17, 15) is 14.3 Å². The summed E-state index contributed by atoms with van der Waals surface area (Å²) in [5.74, 6) is -0.830. The van der Waals surface area contributed by atoms with Gasteiger partial charge in [0.1, 0.15) is 11.9 Å². The van der Waals surface area contributed by atoms with Gasteiger partial charge in [-0.3, -0.25) is 9.69 Å². The number of carbonyl (C=O) groups excluding carboxylic acids is 1. The second-order valence-corrected chi connectivity index (χ2v) is 5.03. The van der Waals surface area contributed by atoms with Gasteiger partial charge >= 0.3 is 5.97 Å². The van der Waals surface area contributed by atoms with Gasteiger partial charge in [0.05, 0.1) is 13.2 Å². The molecule has 1 heterocycles. The summed E-state index contributed by atoms with van der Waals surface area (Å²) in [6.45, 7) is 0.557. The number of nitrogens with zero attached hydrogens (tertiary/aromatic N) is 1. The summed E-state index contributed by atoms with van der Waals surface area (Å²) in [6, 6.07) is 3.88. The van der Waals surface area contributed by atoms with Crippen molar-refractivity contribution in [1.29, 1.82) is 0 Å². The van der Waals surface area contributed by atoms with Gasteiger partial charge in [0, 0.05) is 30.1 Å². The molecular formula is C13H15ClFNO3. The molecular weight excluding hydrogens is 273 g/mol. The number of carbonyl (C=O) groups is 1. The Kier molecular flexibility index (Phi) is 4.39. The van der Waals surface area contributed by atoms with Crippen molar-refractivity contribution in [2.24, 2.45) is 0 Å². The van der Waals surface area contributed by atoms with Gasteiger partial charge < -0.3 is 9.84 Å². The van der Waals surface area contributed by atoms with Crippen LogP contribution in [0.2, 0.25) is 5.02 Å². The third kappa shape index (κ3) is 3.23. The van der Waals surface area contributed by atoms with E-state index in [0.29, 0.717) is 23.6 Å². The largest absolute Gasteiger partial charge is 0.468 e. The van der Waals surface area contributed by atoms with Gasteiger partial charge in [0.25, 0.3) is 0 Å². The monoisotopic (exact) mass is 287 g/mol. The minimum atomic E-state index is -0.598. The average molecular weight is 288 g/mol. The second kappa shape index (κ2) is 5.86. The standard InChI is InChI=1S/C13H15ClFNO3/c1-19-13(18)12-5-10(17)7-16(12)6-8-2-3-9(14)4-11(8)15/h2-4,10,12,17H,5-7H2,1H3. The van der Waals surface area contributed by atoms with Crippen LogP contribution in [0.4, 0.5) is 4.39 Å². The lowest BCUT2D eigenvalue weighted by atomic mass is 10.1. The summed E-state index contributed by atoms with van der Waals surface area (Å²) in [5, 5.41) is 9.97. The number of esters is 1. The van der Waals surface area contributed by atoms with Crippen LogP contribution in [0.25, 0.3) is 0 Å². The number of benzene rings is 1. The van der Waals surface area contributed by atoms with Gasteiger partial charge in [-0.05, 0) is 12.1 Å². The van der Waals surface area contributed by atoms with Gasteiger partial charge in [0.2, 0.25) is 0 Å². The van der Waals surface area contributed by atoms with Crippen LogP contribution in [0.15, 0.2) is 18.2 Å². The normalized spacial score (nSPS) is 23.6. The van der Waals surface area contributed by atoms with Crippen LogP contribution in [0.1, 0.15) is 12.0 Å². The molecule has 0 amide bonds. The van der Waals surface area contributed by atoms with Crippen LogP contribution in [-0.2, 0) is 16.1 Å². The van der Waals surface area contributed by atoms with Crippen LogP contribution in [-0.4, -0.2) is 41.8 Å². The van der Waals surface area contributed by atoms with Crippen LogP contribution < -0.4 is 0 Å². The minimum absolute atomic E-state index is 0.236. The van der Waals surface area contributed by atoms with Crippen LogP contribution in [0, 0.1) is 5.82 Å². The molecule has 1 aromatic rings. The SMILES string of the molecule is COC(=O)C1CC(O)CN1Cc1ccc(Cl)cc1F. The summed E-state index contributed by atoms with van der Waals surface area (Å²) in [7, 11) is 1.30. The minimum Gasteiger partial charge on any atom is -0.468 e. The molecule has 0 spiro atoms. The Labute approximate surface area is 115 Å². The maximum Gasteiger partial charge on any atom is 0.323 e. The fraction of sp³-hybridized carbons (Fsp3) is 0.462. The lowest BCUT2D eigenvalue weighted by molar-refractivity contribution is -0.146. The number of aliphatic hydroxyl groups excluding tert-OH is 1. The van der Waals surface area contributed by atoms with Gasteiger partial charge in [-0.2, -0.15) is 0 Å². The quantitative estimate of drug-likeness (QED) is 0.858. The summed E-state index contributed by atoms with van der Waals surface area (Å²) in [4.78, 5) is 13.3. The van der Waals surface area contributed by atoms with Crippen LogP contribution >= 0.6 is 11.6 Å². The van der Waals surface area contributed by atoms with Gasteiger partial charge in [-0.25, -0.2) is 4.39 Å². The number of hydrogen-bond donors (Lipinski definition) is 1. The predicted octanol–water partition coefficient (Wildman–Crippen LogP) is 1.59. The topological polar surface area (TPSA) is 49.8 Å². The van der Waals surface area contributed by atoms with E-state index in [4.69, 9.17) is 16.3 Å². The highest BCUT2D eigenvalue weighted by Crippen LogP contribution is 2.23. The molecule has 104 valence electrons. The molecule has 0 aliphatic carbocycles. The molecule has 1 aliphatic rings. The number of β-amino-alcohol motifs (C(OH)–C–C–N with tert-alkyl or cyclic N) is 1. The first-order valence-corrected chi connectivity index (χ1v) is 6.33. The second-order valence-electron chi connectivity index (χ2n) is 4.59. The number of methoxy groups -OCH3 is 1. The molecule has 1 aliphatic heterocycles. The zero-order valence-electron chi connectivity index (χ0n) is 10.5. The molecule has 0 saturated carbocycles. The molecule has 2 atom stereocenters. The lowest BCUT2D eigenvalue weighted by Crippen LogP contribution is -2.36. The van der Waals surface area contributed by atoms with Crippen molar-refractivity contribution in [2.45, 2.75) is 25.1 Å². The number of aliphatic hydroxyl groups is 1. The van der Waals surface area contributed by atoms with E-state index < -0.39 is 23.9 Å². The molecule has 0 bridgehead atoms. The first kappa shape index (κ1) is 14.2. The zero-order valence-corrected chi connectivity index (χ0v) is 11.2. The van der Waals surface area contributed by atoms with E-state index in [-0.39, 0.29) is 6.54 Å². The third-order valence-electron chi connectivity index (χ3n) is 3.24. The van der Waals surface area contributed by atoms with E-state index in [1.807, 2.05) is 0 Å². The Balaban J connectivity index is 2.14. The molecule has 0 radical (unpaired) electrons. The van der Waals surface area contributed by atoms with Crippen molar-refractivity contribution in [3.8, 4) is 0 Å². The summed E-state index contributed by atoms with van der Waals surface area (Å²) >= 11 is 5.69. The molecule has 2 rings (SSSR count). The highest BCUT2D eigenvalue weighted by Gasteiger charge is 2.36. The fourth-order valence-corrected chi connectivity index (χ4v) is 2.46. The number of likely N-dealkylation sites (tertiary alicyclic amines) is 1. The van der Waals surface area contributed by atoms with Gasteiger partial charge in [-0.1, -0.05) is 17.7 Å². The number of hydrogen-bond acceptors (Lipinski definition) is 4. The number of halogens is 2. The molecule has 4 nitrogen and oxygen atoms in total. The molecule has 1 fully saturated rings. The van der Waals surface area contributed by atoms with Crippen molar-refractivity contribution in [3.63, 3.8) is 0 Å². The molecule has 1 saturated heterocycles. The average Bonchev–Trinajstić information content (AvgIpc) is 2.73. The summed E-state index contributed by atoms with van der Waals surface area (Å²) in [5.41, 5.74) is 0.437. The zero-order chi connectivity index (χ0) is 14.0. The maximum absolute atomic E-state index is 13.7. The van der Waals surface area contributed by atoms with Crippen LogP contribution in [0.5, 0.6) is 0 Å². The number of rotatable bonds is 3. The molecule has 2 unspecified atom stereocenters. The highest BCUT2D eigenvalue weighted by atomic mass is 35.5. The lowest BCUT2D eigenvalue weighted by Gasteiger charge is -2.22. The van der Waals surface area contributed by atoms with Crippen molar-refractivity contribution in [2.75, 3.05) is 13.7 Å². The van der Waals surface area contributed by atoms with Gasteiger partial charge in [0.15, 0.2) is 0 Å². The van der Waals surface area contributed by atoms with E-state index in [0.717, 1.165) is 0 Å². The Morgan fingerprint density at radius 3 is 3.00 bits per heavy atom. The van der Waals surface area contributed by atoms with E-state index >= 15 is 0 Å². The Hall–Kier alpha value is -1.17. The Morgan fingerprint density at radius 2 is 2.37 bits per heavy atom. The maximum atomic E-state index is 13.7. The highest BCUT2D eigenvalue weighted by molar-refractivity contribution is 6.30. The number of ether oxygens (including phenoxy) is 1. The first-order valence-electron chi connectivity index (χ1n) is 5.95. The van der Waals surface area contributed by atoms with E-state index in [1.165, 1.54) is 13.2 Å². The van der Waals surface area contributed by atoms with Crippen molar-refractivity contribution in [1.82, 2.24) is 4.90 Å².